The minimum atomic E-state index is -0.258. The van der Waals surface area contributed by atoms with Crippen LogP contribution in [0.4, 0.5) is 0 Å². The number of carbonyl (C=O) groups excluding carboxylic acids is 4. The van der Waals surface area contributed by atoms with Gasteiger partial charge in [0.25, 0.3) is 6.47 Å². The zero-order valence-corrected chi connectivity index (χ0v) is 42.8. The van der Waals surface area contributed by atoms with E-state index in [9.17, 15) is 14.4 Å². The van der Waals surface area contributed by atoms with E-state index in [1.54, 1.807) is 29.6 Å². The molecule has 0 saturated carbocycles. The molecule has 0 radical (unpaired) electrons. The van der Waals surface area contributed by atoms with Gasteiger partial charge in [-0.15, -0.1) is 34.0 Å². The van der Waals surface area contributed by atoms with Crippen molar-refractivity contribution in [2.75, 3.05) is 19.0 Å². The van der Waals surface area contributed by atoms with E-state index in [0.29, 0.717) is 19.6 Å². The molecule has 0 atom stereocenters. The Morgan fingerprint density at radius 3 is 1.84 bits per heavy atom. The number of Topliss-reactive ketones (excluding diaryl/α,β-unsaturated/α-hetero) is 1. The fraction of sp³-hybridized carbons (Fsp3) is 0.562. The molecule has 0 aliphatic heterocycles. The molecule has 8 nitrogen and oxygen atoms in total. The zero-order chi connectivity index (χ0) is 34.9. The Balaban J connectivity index is -0.000000200. The van der Waals surface area contributed by atoms with Crippen molar-refractivity contribution in [1.29, 1.82) is 0 Å². The van der Waals surface area contributed by atoms with Crippen LogP contribution in [0.2, 0.25) is 0 Å². The van der Waals surface area contributed by atoms with Crippen LogP contribution in [0.1, 0.15) is 119 Å². The van der Waals surface area contributed by atoms with Crippen molar-refractivity contribution in [2.45, 2.75) is 99.3 Å². The third-order valence-corrected chi connectivity index (χ3v) is 13.3. The molecular weight excluding hydrogens is 959 g/mol. The third kappa shape index (κ3) is 24.6. The van der Waals surface area contributed by atoms with Crippen molar-refractivity contribution < 1.29 is 143 Å². The molecule has 270 valence electrons. The molecule has 0 fully saturated rings. The number of fused-ring (bicyclic) bond motifs is 1. The summed E-state index contributed by atoms with van der Waals surface area (Å²) in [5.74, 6) is 0.00574. The summed E-state index contributed by atoms with van der Waals surface area (Å²) in [6.45, 7) is 8.70. The Hall–Kier alpha value is 2.46. The molecule has 49 heavy (non-hydrogen) atoms. The Kier molecular flexibility index (Phi) is 44.4. The van der Waals surface area contributed by atoms with Crippen LogP contribution in [-0.4, -0.2) is 43.2 Å². The molecule has 0 unspecified atom stereocenters. The van der Waals surface area contributed by atoms with Crippen LogP contribution in [0, 0.1) is 0 Å². The molecule has 3 aromatic rings. The quantitative estimate of drug-likeness (QED) is 0.0308. The molecule has 0 saturated heterocycles. The summed E-state index contributed by atoms with van der Waals surface area (Å²) >= 11 is 18.8. The van der Waals surface area contributed by atoms with Crippen molar-refractivity contribution in [3.8, 4) is 0 Å². The number of esters is 2. The average Bonchev–Trinajstić information content (AvgIpc) is 3.72. The van der Waals surface area contributed by atoms with E-state index < -0.39 is 0 Å². The van der Waals surface area contributed by atoms with Gasteiger partial charge < -0.3 is 21.0 Å². The van der Waals surface area contributed by atoms with Gasteiger partial charge in [0.15, 0.2) is 5.78 Å². The van der Waals surface area contributed by atoms with E-state index in [1.807, 2.05) is 12.3 Å². The first-order valence-corrected chi connectivity index (χ1v) is 20.5. The fourth-order valence-electron chi connectivity index (χ4n) is 3.76. The number of hydrogen-bond donors (Lipinski definition) is 1. The van der Waals surface area contributed by atoms with Gasteiger partial charge in [0.1, 0.15) is 4.88 Å². The maximum absolute atomic E-state index is 12.1. The van der Waals surface area contributed by atoms with Gasteiger partial charge in [-0.05, 0) is 86.5 Å². The number of unbranched alkanes of at least 4 members (excludes halogenated alkanes) is 6. The third-order valence-electron chi connectivity index (χ3n) is 5.87. The van der Waals surface area contributed by atoms with Crippen LogP contribution in [0.5, 0.6) is 0 Å². The fourth-order valence-corrected chi connectivity index (χ4v) is 9.22. The number of ketones is 1. The molecule has 0 spiro atoms. The number of rotatable bonds is 16. The Morgan fingerprint density at radius 2 is 1.39 bits per heavy atom. The Bertz CT molecular complexity index is 1330. The van der Waals surface area contributed by atoms with Gasteiger partial charge in [-0.1, -0.05) is 59.8 Å². The van der Waals surface area contributed by atoms with Crippen molar-refractivity contribution in [3.05, 3.63) is 39.5 Å². The van der Waals surface area contributed by atoms with Crippen LogP contribution >= 0.6 is 94.4 Å². The maximum Gasteiger partial charge on any atom is 1.00 e. The van der Waals surface area contributed by atoms with Gasteiger partial charge in [0.2, 0.25) is 0 Å². The SMILES string of the molecule is C.CCCCCCC(=O)c1scc(Br)c1Br.CCCCCCc1c(C(=O)OCC)sc2c(Br)csc12.CCOC(=O)CS.O=CO[O-].[H-].[K+].[K+]. The summed E-state index contributed by atoms with van der Waals surface area (Å²) in [6, 6.07) is 0. The number of hydrogen-bond acceptors (Lipinski definition) is 12. The van der Waals surface area contributed by atoms with Crippen molar-refractivity contribution in [2.24, 2.45) is 0 Å². The molecule has 0 N–H and O–H groups in total. The van der Waals surface area contributed by atoms with Gasteiger partial charge in [0, 0.05) is 26.1 Å². The van der Waals surface area contributed by atoms with Crippen LogP contribution in [-0.2, 0) is 30.4 Å². The minimum absolute atomic E-state index is 0. The molecule has 3 aromatic heterocycles. The zero-order valence-electron chi connectivity index (χ0n) is 29.5. The smallest absolute Gasteiger partial charge is 1.00 e. The first-order chi connectivity index (χ1) is 22.1. The predicted molar refractivity (Wildman–Crippen MR) is 209 cm³/mol. The standard InChI is InChI=1S/C15H19BrO2S2.C11H14Br2OS.C4H8O2S.CH2O3.CH4.2K.H/c1-3-5-6-7-8-10-12-14(11(16)9-19-12)20-13(10)15(17)18-4-2;1-2-3-4-5-6-9(14)11-10(13)8(12)7-15-11;1-2-6-4(5)3-7;2-1-4-3;;;;/h9H,3-8H2,1-2H3;7H,2-6H2,1H3;7H,2-3H2,1H3;1,3H;1H4;;;/q;;;;;2*+1;-1/p-1. The minimum Gasteiger partial charge on any atom is -1.00 e. The van der Waals surface area contributed by atoms with Crippen molar-refractivity contribution in [1.82, 2.24) is 0 Å². The van der Waals surface area contributed by atoms with E-state index in [1.165, 1.54) is 58.4 Å². The number of carbonyl (C=O) groups is 4. The number of aryl methyl sites for hydroxylation is 1. The second-order valence-corrected chi connectivity index (χ2v) is 14.9. The molecule has 0 amide bonds. The normalized spacial score (nSPS) is 9.41. The Labute approximate surface area is 421 Å². The van der Waals surface area contributed by atoms with Crippen molar-refractivity contribution >= 4 is 128 Å². The van der Waals surface area contributed by atoms with Crippen LogP contribution in [0.15, 0.2) is 24.2 Å². The van der Waals surface area contributed by atoms with Gasteiger partial charge in [-0.2, -0.15) is 12.6 Å². The summed E-state index contributed by atoms with van der Waals surface area (Å²) in [6.07, 6.45) is 11.1. The molecule has 0 aliphatic rings. The topological polar surface area (TPSA) is 119 Å². The van der Waals surface area contributed by atoms with Gasteiger partial charge >= 0.3 is 115 Å². The summed E-state index contributed by atoms with van der Waals surface area (Å²) in [5.41, 5.74) is 1.19. The second kappa shape index (κ2) is 37.4. The molecule has 17 heteroatoms. The van der Waals surface area contributed by atoms with E-state index >= 15 is 0 Å². The van der Waals surface area contributed by atoms with Gasteiger partial charge in [-0.25, -0.2) is 4.79 Å². The molecule has 0 bridgehead atoms. The summed E-state index contributed by atoms with van der Waals surface area (Å²) < 4.78 is 15.1. The maximum atomic E-state index is 12.1. The monoisotopic (exact) mass is 1000 g/mol. The second-order valence-electron chi connectivity index (χ2n) is 9.30. The van der Waals surface area contributed by atoms with E-state index in [0.717, 1.165) is 48.9 Å². The molecule has 0 aromatic carbocycles. The summed E-state index contributed by atoms with van der Waals surface area (Å²) in [4.78, 5) is 46.9. The number of ether oxygens (including phenoxy) is 2. The largest absolute Gasteiger partial charge is 1.00 e. The van der Waals surface area contributed by atoms with E-state index in [4.69, 9.17) is 14.8 Å². The van der Waals surface area contributed by atoms with Crippen LogP contribution in [0.3, 0.4) is 0 Å². The van der Waals surface area contributed by atoms with Crippen molar-refractivity contribution in [3.63, 3.8) is 0 Å². The number of halogens is 3. The summed E-state index contributed by atoms with van der Waals surface area (Å²) in [5, 5.41) is 12.5. The molecule has 3 heterocycles. The average molecular weight is 1010 g/mol. The van der Waals surface area contributed by atoms with E-state index in [-0.39, 0.29) is 142 Å². The van der Waals surface area contributed by atoms with Crippen LogP contribution in [0.25, 0.3) is 9.40 Å². The van der Waals surface area contributed by atoms with Gasteiger partial charge in [0.05, 0.1) is 37.7 Å². The predicted octanol–water partition coefficient (Wildman–Crippen LogP) is 5.12. The first-order valence-electron chi connectivity index (χ1n) is 14.9. The van der Waals surface area contributed by atoms with Gasteiger partial charge in [-0.3, -0.25) is 14.4 Å². The molecule has 0 aliphatic carbocycles. The number of thiophene rings is 3. The first kappa shape index (κ1) is 58.2. The number of thiol groups is 1. The molecule has 3 rings (SSSR count). The molecular formula is C32H47Br3K2O8S4. The van der Waals surface area contributed by atoms with E-state index in [2.05, 4.69) is 89.3 Å². The summed E-state index contributed by atoms with van der Waals surface area (Å²) in [7, 11) is 0. The van der Waals surface area contributed by atoms with Crippen LogP contribution < -0.4 is 108 Å². The Morgan fingerprint density at radius 1 is 0.837 bits per heavy atom.